The Kier molecular flexibility index (Phi) is 3.99. The van der Waals surface area contributed by atoms with E-state index >= 15 is 0 Å². The molecule has 19 heavy (non-hydrogen) atoms. The highest BCUT2D eigenvalue weighted by atomic mass is 19.1. The minimum atomic E-state index is -1.27. The molecule has 0 aliphatic carbocycles. The number of halogens is 1. The largest absolute Gasteiger partial charge is 0.478 e. The number of piperidine rings is 1. The van der Waals surface area contributed by atoms with Crippen LogP contribution in [-0.2, 0) is 0 Å². The lowest BCUT2D eigenvalue weighted by Gasteiger charge is -2.27. The van der Waals surface area contributed by atoms with Crippen molar-refractivity contribution >= 4 is 17.7 Å². The summed E-state index contributed by atoms with van der Waals surface area (Å²) in [6.07, 6.45) is 2.90. The number of hydrogen-bond acceptors (Lipinski definition) is 2. The van der Waals surface area contributed by atoms with Crippen LogP contribution >= 0.6 is 0 Å². The highest BCUT2D eigenvalue weighted by Gasteiger charge is 2.21. The van der Waals surface area contributed by atoms with Gasteiger partial charge in [-0.25, -0.2) is 14.0 Å². The molecule has 102 valence electrons. The second-order valence-electron chi connectivity index (χ2n) is 4.45. The summed E-state index contributed by atoms with van der Waals surface area (Å²) in [5.41, 5.74) is -0.518. The van der Waals surface area contributed by atoms with Gasteiger partial charge in [-0.05, 0) is 31.4 Å². The molecule has 1 fully saturated rings. The topological polar surface area (TPSA) is 69.6 Å². The molecule has 1 saturated heterocycles. The van der Waals surface area contributed by atoms with Crippen molar-refractivity contribution in [2.75, 3.05) is 18.4 Å². The Morgan fingerprint density at radius 2 is 1.89 bits per heavy atom. The van der Waals surface area contributed by atoms with Crippen LogP contribution in [0.3, 0.4) is 0 Å². The fraction of sp³-hybridized carbons (Fsp3) is 0.385. The number of hydrogen-bond donors (Lipinski definition) is 2. The van der Waals surface area contributed by atoms with Crippen molar-refractivity contribution in [3.8, 4) is 0 Å². The van der Waals surface area contributed by atoms with Crippen molar-refractivity contribution in [1.29, 1.82) is 0 Å². The fourth-order valence-electron chi connectivity index (χ4n) is 2.11. The number of aromatic carboxylic acids is 1. The lowest BCUT2D eigenvalue weighted by atomic mass is 10.1. The van der Waals surface area contributed by atoms with Gasteiger partial charge in [-0.1, -0.05) is 6.07 Å². The Labute approximate surface area is 110 Å². The number of likely N-dealkylation sites (tertiary alicyclic amines) is 1. The molecule has 1 heterocycles. The van der Waals surface area contributed by atoms with Gasteiger partial charge in [-0.2, -0.15) is 0 Å². The van der Waals surface area contributed by atoms with Gasteiger partial charge in [0.1, 0.15) is 5.82 Å². The zero-order chi connectivity index (χ0) is 13.8. The van der Waals surface area contributed by atoms with E-state index in [2.05, 4.69) is 5.32 Å². The average molecular weight is 266 g/mol. The number of amides is 2. The molecule has 0 radical (unpaired) electrons. The van der Waals surface area contributed by atoms with Gasteiger partial charge in [0.05, 0.1) is 11.3 Å². The highest BCUT2D eigenvalue weighted by molar-refractivity contribution is 6.00. The number of benzene rings is 1. The first kappa shape index (κ1) is 13.3. The number of nitrogens with one attached hydrogen (secondary N) is 1. The molecule has 0 spiro atoms. The highest BCUT2D eigenvalue weighted by Crippen LogP contribution is 2.21. The maximum Gasteiger partial charge on any atom is 0.337 e. The Morgan fingerprint density at radius 3 is 2.53 bits per heavy atom. The number of nitrogens with zero attached hydrogens (tertiary/aromatic N) is 1. The molecular formula is C13H15FN2O3. The summed E-state index contributed by atoms with van der Waals surface area (Å²) >= 11 is 0. The Balaban J connectivity index is 2.18. The third-order valence-corrected chi connectivity index (χ3v) is 3.12. The lowest BCUT2D eigenvalue weighted by molar-refractivity contribution is 0.0697. The van der Waals surface area contributed by atoms with Crippen LogP contribution < -0.4 is 5.32 Å². The molecule has 0 unspecified atom stereocenters. The van der Waals surface area contributed by atoms with Crippen molar-refractivity contribution in [2.24, 2.45) is 0 Å². The van der Waals surface area contributed by atoms with Crippen LogP contribution in [-0.4, -0.2) is 35.1 Å². The maximum atomic E-state index is 13.6. The number of para-hydroxylation sites is 1. The number of anilines is 1. The standard InChI is InChI=1S/C13H15FN2O3/c14-10-6-4-5-9(12(17)18)11(10)15-13(19)16-7-2-1-3-8-16/h4-6H,1-3,7-8H2,(H,15,19)(H,17,18). The van der Waals surface area contributed by atoms with E-state index in [1.54, 1.807) is 4.90 Å². The van der Waals surface area contributed by atoms with Crippen molar-refractivity contribution in [1.82, 2.24) is 4.90 Å². The maximum absolute atomic E-state index is 13.6. The van der Waals surface area contributed by atoms with Crippen LogP contribution in [0.5, 0.6) is 0 Å². The predicted molar refractivity (Wildman–Crippen MR) is 67.8 cm³/mol. The predicted octanol–water partition coefficient (Wildman–Crippen LogP) is 2.54. The van der Waals surface area contributed by atoms with Crippen LogP contribution in [0.15, 0.2) is 18.2 Å². The zero-order valence-corrected chi connectivity index (χ0v) is 10.4. The first-order valence-electron chi connectivity index (χ1n) is 6.17. The lowest BCUT2D eigenvalue weighted by Crippen LogP contribution is -2.39. The third-order valence-electron chi connectivity index (χ3n) is 3.12. The molecule has 5 nitrogen and oxygen atoms in total. The third kappa shape index (κ3) is 3.01. The molecule has 0 bridgehead atoms. The van der Waals surface area contributed by atoms with E-state index in [0.717, 1.165) is 25.3 Å². The molecule has 1 aromatic rings. The van der Waals surface area contributed by atoms with Crippen LogP contribution in [0.25, 0.3) is 0 Å². The molecule has 1 aromatic carbocycles. The normalized spacial score (nSPS) is 15.1. The minimum absolute atomic E-state index is 0.245. The Bertz CT molecular complexity index is 499. The fourth-order valence-corrected chi connectivity index (χ4v) is 2.11. The number of carbonyl (C=O) groups is 2. The van der Waals surface area contributed by atoms with Crippen molar-refractivity contribution in [3.63, 3.8) is 0 Å². The number of carboxylic acids is 1. The first-order valence-corrected chi connectivity index (χ1v) is 6.17. The molecular weight excluding hydrogens is 251 g/mol. The quantitative estimate of drug-likeness (QED) is 0.864. The molecule has 0 aromatic heterocycles. The van der Waals surface area contributed by atoms with Gasteiger partial charge >= 0.3 is 12.0 Å². The summed E-state index contributed by atoms with van der Waals surface area (Å²) in [7, 11) is 0. The number of rotatable bonds is 2. The van der Waals surface area contributed by atoms with Gasteiger partial charge in [0.2, 0.25) is 0 Å². The van der Waals surface area contributed by atoms with Crippen LogP contribution in [0.1, 0.15) is 29.6 Å². The van der Waals surface area contributed by atoms with E-state index < -0.39 is 17.8 Å². The summed E-state index contributed by atoms with van der Waals surface area (Å²) in [6.45, 7) is 1.23. The molecule has 0 atom stereocenters. The van der Waals surface area contributed by atoms with E-state index in [1.807, 2.05) is 0 Å². The SMILES string of the molecule is O=C(O)c1cccc(F)c1NC(=O)N1CCCCC1. The monoisotopic (exact) mass is 266 g/mol. The summed E-state index contributed by atoms with van der Waals surface area (Å²) in [5, 5.41) is 11.3. The molecule has 2 amide bonds. The summed E-state index contributed by atoms with van der Waals surface area (Å²) in [5.74, 6) is -2.02. The minimum Gasteiger partial charge on any atom is -0.478 e. The zero-order valence-electron chi connectivity index (χ0n) is 10.4. The number of carbonyl (C=O) groups excluding carboxylic acids is 1. The molecule has 1 aliphatic heterocycles. The van der Waals surface area contributed by atoms with Crippen LogP contribution in [0.4, 0.5) is 14.9 Å². The van der Waals surface area contributed by atoms with Crippen molar-refractivity contribution in [3.05, 3.63) is 29.6 Å². The second-order valence-corrected chi connectivity index (χ2v) is 4.45. The van der Waals surface area contributed by atoms with Gasteiger partial charge < -0.3 is 15.3 Å². The number of carboxylic acid groups (broad SMARTS) is 1. The molecule has 6 heteroatoms. The molecule has 0 saturated carbocycles. The van der Waals surface area contributed by atoms with Gasteiger partial charge in [0, 0.05) is 13.1 Å². The van der Waals surface area contributed by atoms with E-state index in [1.165, 1.54) is 12.1 Å². The van der Waals surface area contributed by atoms with Gasteiger partial charge in [0.15, 0.2) is 0 Å². The van der Waals surface area contributed by atoms with E-state index in [9.17, 15) is 14.0 Å². The van der Waals surface area contributed by atoms with Crippen LogP contribution in [0, 0.1) is 5.82 Å². The smallest absolute Gasteiger partial charge is 0.337 e. The van der Waals surface area contributed by atoms with Crippen molar-refractivity contribution < 1.29 is 19.1 Å². The molecule has 2 N–H and O–H groups in total. The summed E-state index contributed by atoms with van der Waals surface area (Å²) in [4.78, 5) is 24.5. The van der Waals surface area contributed by atoms with Gasteiger partial charge in [-0.3, -0.25) is 0 Å². The van der Waals surface area contributed by atoms with E-state index in [4.69, 9.17) is 5.11 Å². The molecule has 2 rings (SSSR count). The summed E-state index contributed by atoms with van der Waals surface area (Å²) < 4.78 is 13.6. The van der Waals surface area contributed by atoms with E-state index in [0.29, 0.717) is 13.1 Å². The van der Waals surface area contributed by atoms with Crippen LogP contribution in [0.2, 0.25) is 0 Å². The molecule has 1 aliphatic rings. The average Bonchev–Trinajstić information content (AvgIpc) is 2.41. The van der Waals surface area contributed by atoms with Crippen molar-refractivity contribution in [2.45, 2.75) is 19.3 Å². The van der Waals surface area contributed by atoms with E-state index in [-0.39, 0.29) is 11.3 Å². The Morgan fingerprint density at radius 1 is 1.21 bits per heavy atom. The second kappa shape index (κ2) is 5.69. The van der Waals surface area contributed by atoms with Gasteiger partial charge in [-0.15, -0.1) is 0 Å². The van der Waals surface area contributed by atoms with Gasteiger partial charge in [0.25, 0.3) is 0 Å². The first-order chi connectivity index (χ1) is 9.09. The summed E-state index contributed by atoms with van der Waals surface area (Å²) in [6, 6.07) is 3.23. The Hall–Kier alpha value is -2.11. The number of urea groups is 1.